The van der Waals surface area contributed by atoms with E-state index in [0.29, 0.717) is 0 Å². The number of hydrogen-bond acceptors (Lipinski definition) is 0. The molecule has 0 fully saturated rings. The van der Waals surface area contributed by atoms with E-state index >= 15 is 0 Å². The molecular weight excluding hydrogens is 172 g/mol. The molecule has 14 heavy (non-hydrogen) atoms. The maximum absolute atomic E-state index is 3.38. The van der Waals surface area contributed by atoms with Gasteiger partial charge in [-0.15, -0.1) is 0 Å². The van der Waals surface area contributed by atoms with Crippen LogP contribution in [0.2, 0.25) is 0 Å². The predicted molar refractivity (Wildman–Crippen MR) is 57.9 cm³/mol. The second-order valence-corrected chi connectivity index (χ2v) is 3.22. The highest BCUT2D eigenvalue weighted by Crippen LogP contribution is 2.24. The molecule has 0 aliphatic heterocycles. The number of hydrogen-bond donors (Lipinski definition) is 1. The lowest BCUT2D eigenvalue weighted by Gasteiger charge is -1.87. The summed E-state index contributed by atoms with van der Waals surface area (Å²) in [6, 6.07) is 16.8. The summed E-state index contributed by atoms with van der Waals surface area (Å²) >= 11 is 0. The van der Waals surface area contributed by atoms with Crippen molar-refractivity contribution in [3.8, 4) is 0 Å². The molecule has 0 saturated heterocycles. The van der Waals surface area contributed by atoms with Crippen LogP contribution in [0.3, 0.4) is 0 Å². The molecule has 1 N–H and O–H groups in total. The van der Waals surface area contributed by atoms with Crippen molar-refractivity contribution < 1.29 is 0 Å². The number of aromatic nitrogens is 1. The summed E-state index contributed by atoms with van der Waals surface area (Å²) in [7, 11) is 0. The van der Waals surface area contributed by atoms with Crippen molar-refractivity contribution in [3.05, 3.63) is 48.5 Å². The minimum absolute atomic E-state index is 0. The Balaban J connectivity index is 0.000000750. The Morgan fingerprint density at radius 2 is 1.07 bits per heavy atom. The first-order chi connectivity index (χ1) is 6.45. The molecule has 3 radical (unpaired) electrons. The predicted octanol–water partition coefficient (Wildman–Crippen LogP) is 2.84. The number of para-hydroxylation sites is 2. The van der Waals surface area contributed by atoms with Crippen molar-refractivity contribution in [3.63, 3.8) is 0 Å². The van der Waals surface area contributed by atoms with Crippen LogP contribution >= 0.6 is 0 Å². The first kappa shape index (κ1) is 8.78. The van der Waals surface area contributed by atoms with Gasteiger partial charge in [0.2, 0.25) is 0 Å². The van der Waals surface area contributed by atoms with Gasteiger partial charge >= 0.3 is 0 Å². The normalized spacial score (nSPS) is 10.3. The quantitative estimate of drug-likeness (QED) is 0.554. The number of nitrogens with zero attached hydrogens (tertiary/aromatic N) is 1. The molecule has 1 heterocycles. The fourth-order valence-corrected chi connectivity index (χ4v) is 1.80. The lowest BCUT2D eigenvalue weighted by Crippen LogP contribution is -1.62. The van der Waals surface area contributed by atoms with Gasteiger partial charge in [0.15, 0.2) is 0 Å². The van der Waals surface area contributed by atoms with Crippen LogP contribution in [0, 0.1) is 0 Å². The fourth-order valence-electron chi connectivity index (χ4n) is 1.80. The van der Waals surface area contributed by atoms with Gasteiger partial charge in [-0.2, -0.15) is 0 Å². The Hall–Kier alpha value is -1.80. The molecule has 2 aromatic carbocycles. The SMILES string of the molecule is [N].c1ccc2c(c1)[nH]c1ccccc12. The van der Waals surface area contributed by atoms with Crippen molar-refractivity contribution >= 4 is 21.8 Å². The highest BCUT2D eigenvalue weighted by molar-refractivity contribution is 6.06. The zero-order valence-corrected chi connectivity index (χ0v) is 7.57. The van der Waals surface area contributed by atoms with Crippen molar-refractivity contribution in [1.29, 1.82) is 0 Å². The molecule has 0 atom stereocenters. The lowest BCUT2D eigenvalue weighted by atomic mass is 10.2. The minimum Gasteiger partial charge on any atom is -0.355 e. The van der Waals surface area contributed by atoms with Crippen LogP contribution < -0.4 is 6.15 Å². The average Bonchev–Trinajstić information content (AvgIpc) is 2.56. The molecule has 0 bridgehead atoms. The van der Waals surface area contributed by atoms with Crippen LogP contribution in [0.1, 0.15) is 0 Å². The summed E-state index contributed by atoms with van der Waals surface area (Å²) in [5, 5.41) is 2.61. The summed E-state index contributed by atoms with van der Waals surface area (Å²) in [4.78, 5) is 3.38. The van der Waals surface area contributed by atoms with Crippen molar-refractivity contribution in [2.24, 2.45) is 0 Å². The molecule has 0 saturated carbocycles. The molecule has 0 amide bonds. The molecule has 0 spiro atoms. The molecular formula is C12H9N2. The third kappa shape index (κ3) is 1.09. The average molecular weight is 181 g/mol. The van der Waals surface area contributed by atoms with E-state index in [9.17, 15) is 0 Å². The monoisotopic (exact) mass is 181 g/mol. The van der Waals surface area contributed by atoms with Crippen molar-refractivity contribution in [2.45, 2.75) is 0 Å². The molecule has 1 aromatic heterocycles. The molecule has 0 aliphatic rings. The van der Waals surface area contributed by atoms with Crippen molar-refractivity contribution in [2.75, 3.05) is 0 Å². The summed E-state index contributed by atoms with van der Waals surface area (Å²) in [6.07, 6.45) is 0. The summed E-state index contributed by atoms with van der Waals surface area (Å²) < 4.78 is 0. The molecule has 0 aliphatic carbocycles. The molecule has 3 rings (SSSR count). The second kappa shape index (κ2) is 3.16. The minimum atomic E-state index is 0. The first-order valence-corrected chi connectivity index (χ1v) is 4.40. The van der Waals surface area contributed by atoms with E-state index in [2.05, 4.69) is 53.5 Å². The standard InChI is InChI=1S/C12H9N.N/c1-3-7-11-9(5-1)10-6-2-4-8-12(10)13-11;/h1-8,13H;. The van der Waals surface area contributed by atoms with Crippen LogP contribution in [0.4, 0.5) is 0 Å². The Kier molecular flexibility index (Phi) is 1.98. The smallest absolute Gasteiger partial charge is 0.0464 e. The van der Waals surface area contributed by atoms with Gasteiger partial charge in [0.25, 0.3) is 0 Å². The van der Waals surface area contributed by atoms with Gasteiger partial charge in [-0.05, 0) is 12.1 Å². The summed E-state index contributed by atoms with van der Waals surface area (Å²) in [6.45, 7) is 0. The van der Waals surface area contributed by atoms with Gasteiger partial charge < -0.3 is 4.98 Å². The van der Waals surface area contributed by atoms with Gasteiger partial charge in [0.1, 0.15) is 0 Å². The summed E-state index contributed by atoms with van der Waals surface area (Å²) in [5.41, 5.74) is 2.42. The van der Waals surface area contributed by atoms with E-state index < -0.39 is 0 Å². The van der Waals surface area contributed by atoms with E-state index in [1.165, 1.54) is 21.8 Å². The van der Waals surface area contributed by atoms with Crippen LogP contribution in [0.25, 0.3) is 21.8 Å². The first-order valence-electron chi connectivity index (χ1n) is 4.40. The Bertz CT molecular complexity index is 516. The number of benzene rings is 2. The van der Waals surface area contributed by atoms with Crippen LogP contribution in [0.5, 0.6) is 0 Å². The van der Waals surface area contributed by atoms with E-state index in [-0.39, 0.29) is 6.15 Å². The molecule has 0 unspecified atom stereocenters. The van der Waals surface area contributed by atoms with Gasteiger partial charge in [-0.1, -0.05) is 36.4 Å². The number of aromatic amines is 1. The Morgan fingerprint density at radius 1 is 0.643 bits per heavy atom. The van der Waals surface area contributed by atoms with Gasteiger partial charge in [-0.25, -0.2) is 0 Å². The number of H-pyrrole nitrogens is 1. The maximum Gasteiger partial charge on any atom is 0.0464 e. The van der Waals surface area contributed by atoms with Crippen LogP contribution in [-0.4, -0.2) is 4.98 Å². The summed E-state index contributed by atoms with van der Waals surface area (Å²) in [5.74, 6) is 0. The van der Waals surface area contributed by atoms with Crippen molar-refractivity contribution in [1.82, 2.24) is 11.1 Å². The molecule has 67 valence electrons. The molecule has 2 nitrogen and oxygen atoms in total. The lowest BCUT2D eigenvalue weighted by molar-refractivity contribution is 1.55. The fraction of sp³-hybridized carbons (Fsp3) is 0. The Labute approximate surface area is 82.1 Å². The third-order valence-corrected chi connectivity index (χ3v) is 2.41. The van der Waals surface area contributed by atoms with E-state index in [0.717, 1.165) is 0 Å². The molecule has 2 heteroatoms. The Morgan fingerprint density at radius 3 is 1.57 bits per heavy atom. The third-order valence-electron chi connectivity index (χ3n) is 2.41. The topological polar surface area (TPSA) is 46.3 Å². The van der Waals surface area contributed by atoms with Gasteiger partial charge in [0.05, 0.1) is 0 Å². The molecule has 3 aromatic rings. The number of fused-ring (bicyclic) bond motifs is 3. The van der Waals surface area contributed by atoms with Gasteiger partial charge in [0, 0.05) is 28.0 Å². The second-order valence-electron chi connectivity index (χ2n) is 3.22. The van der Waals surface area contributed by atoms with Crippen LogP contribution in [0.15, 0.2) is 48.5 Å². The highest BCUT2D eigenvalue weighted by Gasteiger charge is 2.00. The zero-order valence-electron chi connectivity index (χ0n) is 7.57. The van der Waals surface area contributed by atoms with Crippen LogP contribution in [-0.2, 0) is 0 Å². The highest BCUT2D eigenvalue weighted by atomic mass is 14.7. The number of nitrogens with one attached hydrogen (secondary N) is 1. The largest absolute Gasteiger partial charge is 0.355 e. The maximum atomic E-state index is 3.38. The van der Waals surface area contributed by atoms with Gasteiger partial charge in [-0.3, -0.25) is 0 Å². The van der Waals surface area contributed by atoms with E-state index in [4.69, 9.17) is 0 Å². The van der Waals surface area contributed by atoms with E-state index in [1.807, 2.05) is 0 Å². The zero-order chi connectivity index (χ0) is 8.67. The number of rotatable bonds is 0. The van der Waals surface area contributed by atoms with E-state index in [1.54, 1.807) is 0 Å².